The molecule has 0 N–H and O–H groups in total. The maximum atomic E-state index is 10.1. The number of phosphoric acid groups is 3. The molecule has 0 unspecified atom stereocenters. The van der Waals surface area contributed by atoms with Crippen LogP contribution >= 0.6 is 23.5 Å². The molecule has 0 saturated heterocycles. The summed E-state index contributed by atoms with van der Waals surface area (Å²) >= 11 is 0. The normalized spacial score (nSPS) is 11.8. The van der Waals surface area contributed by atoms with Crippen LogP contribution in [-0.4, -0.2) is 0 Å². The zero-order valence-electron chi connectivity index (χ0n) is 7.87. The monoisotopic (exact) mass is 350 g/mol. The third-order valence-corrected chi connectivity index (χ3v) is 3.60. The van der Waals surface area contributed by atoms with Gasteiger partial charge >= 0.3 is 77.7 Å². The summed E-state index contributed by atoms with van der Waals surface area (Å²) in [5.41, 5.74) is 0. The minimum Gasteiger partial charge on any atom is -0.790 e. The largest absolute Gasteiger partial charge is 5.00 e. The van der Waals surface area contributed by atoms with Crippen LogP contribution in [0.25, 0.3) is 0 Å². The maximum absolute atomic E-state index is 10.1. The van der Waals surface area contributed by atoms with Gasteiger partial charge in [-0.3, -0.25) is 13.2 Å². The summed E-state index contributed by atoms with van der Waals surface area (Å²) in [6.07, 6.45) is 0. The van der Waals surface area contributed by atoms with Crippen molar-refractivity contribution in [2.45, 2.75) is 0 Å². The zero-order valence-corrected chi connectivity index (χ0v) is 16.0. The fourth-order valence-corrected chi connectivity index (χ4v) is 2.61. The Hall–Kier alpha value is 2.99. The SMILES string of the molecule is O=P([O-])([O-])OP(=O)([O-])OP(=O)([O-])[O-].[Na+].[Na+].[V+5]. The van der Waals surface area contributed by atoms with E-state index in [1.54, 1.807) is 0 Å². The molecule has 0 aliphatic carbocycles. The van der Waals surface area contributed by atoms with Gasteiger partial charge in [-0.25, -0.2) is 0 Å². The third-order valence-electron chi connectivity index (χ3n) is 0.400. The molecule has 80 valence electrons. The fourth-order valence-electron chi connectivity index (χ4n) is 0.260. The van der Waals surface area contributed by atoms with E-state index in [1.165, 1.54) is 0 Å². The number of hydrogen-bond donors (Lipinski definition) is 0. The van der Waals surface area contributed by atoms with Crippen molar-refractivity contribution in [2.24, 2.45) is 0 Å². The van der Waals surface area contributed by atoms with Crippen molar-refractivity contribution in [3.05, 3.63) is 0 Å². The second-order valence-electron chi connectivity index (χ2n) is 1.50. The van der Waals surface area contributed by atoms with E-state index in [1.807, 2.05) is 0 Å². The van der Waals surface area contributed by atoms with Crippen LogP contribution in [0, 0.1) is 0 Å². The molecule has 16 heavy (non-hydrogen) atoms. The predicted molar refractivity (Wildman–Crippen MR) is 25.0 cm³/mol. The van der Waals surface area contributed by atoms with E-state index in [-0.39, 0.29) is 77.7 Å². The molecular formula is Na2O10P3V+2. The Balaban J connectivity index is -0.000000240. The first-order valence-electron chi connectivity index (χ1n) is 2.19. The Morgan fingerprint density at radius 3 is 1.00 bits per heavy atom. The fraction of sp³-hybridized carbons (Fsp3) is 0. The van der Waals surface area contributed by atoms with Gasteiger partial charge in [-0.15, -0.1) is 0 Å². The maximum Gasteiger partial charge on any atom is 5.00 e. The molecule has 0 saturated carbocycles. The quantitative estimate of drug-likeness (QED) is 0.348. The first kappa shape index (κ1) is 27.4. The Labute approximate surface area is 146 Å². The van der Waals surface area contributed by atoms with Crippen LogP contribution in [0.1, 0.15) is 0 Å². The van der Waals surface area contributed by atoms with Crippen LogP contribution in [0.15, 0.2) is 0 Å². The molecule has 0 aromatic carbocycles. The van der Waals surface area contributed by atoms with Crippen molar-refractivity contribution in [3.8, 4) is 0 Å². The van der Waals surface area contributed by atoms with Crippen LogP contribution in [-0.2, 0) is 40.9 Å². The van der Waals surface area contributed by atoms with E-state index >= 15 is 0 Å². The first-order valence-corrected chi connectivity index (χ1v) is 6.57. The third kappa shape index (κ3) is 19.3. The minimum atomic E-state index is -5.97. The standard InChI is InChI=1S/2Na.H5O10P3.V/c;;1-11(2,3)9-13(7,8)10-12(4,5)6;/h;;(H,7,8)(H2,1,2,3)(H2,4,5,6);/q2*+1;;+5/p-5. The molecule has 16 heteroatoms. The molecule has 0 bridgehead atoms. The Bertz CT molecular complexity index is 286. The molecule has 0 aliphatic heterocycles. The summed E-state index contributed by atoms with van der Waals surface area (Å²) in [5.74, 6) is 0. The van der Waals surface area contributed by atoms with E-state index in [0.717, 1.165) is 0 Å². The molecule has 0 aromatic heterocycles. The van der Waals surface area contributed by atoms with Crippen LogP contribution in [0.3, 0.4) is 0 Å². The molecule has 0 aromatic rings. The van der Waals surface area contributed by atoms with Crippen LogP contribution in [0.5, 0.6) is 0 Å². The van der Waals surface area contributed by atoms with Gasteiger partial charge in [0.15, 0.2) is 0 Å². The molecule has 0 radical (unpaired) electrons. The van der Waals surface area contributed by atoms with E-state index in [9.17, 15) is 38.2 Å². The molecule has 0 spiro atoms. The van der Waals surface area contributed by atoms with E-state index < -0.39 is 23.5 Å². The molecule has 0 amide bonds. The van der Waals surface area contributed by atoms with Gasteiger partial charge in [0.25, 0.3) is 7.82 Å². The number of hydrogen-bond acceptors (Lipinski definition) is 10. The second kappa shape index (κ2) is 9.83. The van der Waals surface area contributed by atoms with E-state index in [0.29, 0.717) is 0 Å². The smallest absolute Gasteiger partial charge is 0.790 e. The summed E-state index contributed by atoms with van der Waals surface area (Å²) in [4.78, 5) is 48.6. The molecule has 0 heterocycles. The Morgan fingerprint density at radius 2 is 0.875 bits per heavy atom. The van der Waals surface area contributed by atoms with Crippen LogP contribution in [0.4, 0.5) is 0 Å². The molecule has 0 rings (SSSR count). The van der Waals surface area contributed by atoms with Crippen molar-refractivity contribution < 1.29 is 124 Å². The molecule has 10 nitrogen and oxygen atoms in total. The summed E-state index contributed by atoms with van der Waals surface area (Å²) in [5, 5.41) is 0. The topological polar surface area (TPSA) is 185 Å². The Kier molecular flexibility index (Phi) is 16.8. The predicted octanol–water partition coefficient (Wildman–Crippen LogP) is -9.85. The van der Waals surface area contributed by atoms with E-state index in [2.05, 4.69) is 8.62 Å². The average molecular weight is 350 g/mol. The van der Waals surface area contributed by atoms with Gasteiger partial charge in [0.1, 0.15) is 0 Å². The summed E-state index contributed by atoms with van der Waals surface area (Å²) in [6, 6.07) is 0. The minimum absolute atomic E-state index is 0. The first-order chi connectivity index (χ1) is 5.41. The summed E-state index contributed by atoms with van der Waals surface area (Å²) < 4.78 is 34.7. The van der Waals surface area contributed by atoms with Crippen molar-refractivity contribution >= 4 is 23.5 Å². The van der Waals surface area contributed by atoms with Crippen molar-refractivity contribution in [1.82, 2.24) is 0 Å². The van der Waals surface area contributed by atoms with E-state index in [4.69, 9.17) is 0 Å². The summed E-state index contributed by atoms with van der Waals surface area (Å²) in [6.45, 7) is 0. The van der Waals surface area contributed by atoms with Crippen LogP contribution in [0.2, 0.25) is 0 Å². The van der Waals surface area contributed by atoms with Crippen molar-refractivity contribution in [3.63, 3.8) is 0 Å². The van der Waals surface area contributed by atoms with Gasteiger partial charge in [-0.05, 0) is 0 Å². The summed E-state index contributed by atoms with van der Waals surface area (Å²) in [7, 11) is -17.9. The second-order valence-corrected chi connectivity index (χ2v) is 5.49. The van der Waals surface area contributed by atoms with Gasteiger partial charge < -0.3 is 33.6 Å². The molecule has 0 aliphatic rings. The van der Waals surface area contributed by atoms with Gasteiger partial charge in [-0.2, -0.15) is 0 Å². The average Bonchev–Trinajstić information content (AvgIpc) is 1.43. The Morgan fingerprint density at radius 1 is 0.688 bits per heavy atom. The van der Waals surface area contributed by atoms with Crippen molar-refractivity contribution in [2.75, 3.05) is 0 Å². The van der Waals surface area contributed by atoms with Gasteiger partial charge in [0.05, 0.1) is 15.6 Å². The van der Waals surface area contributed by atoms with Gasteiger partial charge in [0, 0.05) is 0 Å². The van der Waals surface area contributed by atoms with Crippen molar-refractivity contribution in [1.29, 1.82) is 0 Å². The van der Waals surface area contributed by atoms with Gasteiger partial charge in [0.2, 0.25) is 0 Å². The van der Waals surface area contributed by atoms with Crippen LogP contribution < -0.4 is 83.6 Å². The molecule has 0 atom stereocenters. The molecule has 0 fully saturated rings. The number of rotatable bonds is 4. The zero-order chi connectivity index (χ0) is 10.9. The van der Waals surface area contributed by atoms with Gasteiger partial charge in [-0.1, -0.05) is 0 Å². The molecular weight excluding hydrogens is 350 g/mol.